The van der Waals surface area contributed by atoms with E-state index in [1.807, 2.05) is 0 Å². The molecule has 0 rings (SSSR count). The Morgan fingerprint density at radius 1 is 1.20 bits per heavy atom. The topological polar surface area (TPSA) is 78.9 Å². The fourth-order valence-electron chi connectivity index (χ4n) is 1.10. The molecule has 0 aromatic carbocycles. The largest absolute Gasteiger partial charge is 0.425 e. The van der Waals surface area contributed by atoms with E-state index in [2.05, 4.69) is 13.2 Å². The lowest BCUT2D eigenvalue weighted by atomic mass is 10.3. The smallest absolute Gasteiger partial charge is 0.336 e. The summed E-state index contributed by atoms with van der Waals surface area (Å²) < 4.78 is 15.0. The molecule has 0 saturated carbocycles. The lowest BCUT2D eigenvalue weighted by Gasteiger charge is -2.18. The third-order valence-corrected chi connectivity index (χ3v) is 1.98. The van der Waals surface area contributed by atoms with E-state index in [1.165, 1.54) is 13.8 Å². The highest BCUT2D eigenvalue weighted by Gasteiger charge is 2.20. The molecule has 6 nitrogen and oxygen atoms in total. The number of hydrogen-bond acceptors (Lipinski definition) is 6. The zero-order valence-electron chi connectivity index (χ0n) is 11.8. The number of Topliss-reactive ketones (excluding diaryl/α,β-unsaturated/α-hetero) is 1. The highest BCUT2D eigenvalue weighted by atomic mass is 16.7. The molecule has 0 aliphatic rings. The predicted octanol–water partition coefficient (Wildman–Crippen LogP) is 1.55. The van der Waals surface area contributed by atoms with E-state index in [4.69, 9.17) is 14.2 Å². The summed E-state index contributed by atoms with van der Waals surface area (Å²) in [5.41, 5.74) is 0.185. The van der Waals surface area contributed by atoms with Gasteiger partial charge in [-0.1, -0.05) is 12.7 Å². The van der Waals surface area contributed by atoms with Crippen LogP contribution in [-0.4, -0.2) is 37.2 Å². The number of esters is 2. The molecule has 1 atom stereocenters. The molecule has 0 radical (unpaired) electrons. The van der Waals surface area contributed by atoms with E-state index < -0.39 is 18.2 Å². The van der Waals surface area contributed by atoms with Gasteiger partial charge in [0.05, 0.1) is 13.2 Å². The maximum Gasteiger partial charge on any atom is 0.336 e. The molecule has 0 bridgehead atoms. The summed E-state index contributed by atoms with van der Waals surface area (Å²) in [5.74, 6) is -1.75. The molecule has 0 N–H and O–H groups in total. The summed E-state index contributed by atoms with van der Waals surface area (Å²) in [6, 6.07) is 0. The van der Waals surface area contributed by atoms with E-state index >= 15 is 0 Å². The Balaban J connectivity index is 4.40. The maximum absolute atomic E-state index is 11.4. The molecule has 0 aromatic rings. The Kier molecular flexibility index (Phi) is 8.95. The molecule has 112 valence electrons. The fourth-order valence-corrected chi connectivity index (χ4v) is 1.10. The van der Waals surface area contributed by atoms with Gasteiger partial charge < -0.3 is 14.2 Å². The predicted molar refractivity (Wildman–Crippen MR) is 71.7 cm³/mol. The van der Waals surface area contributed by atoms with Gasteiger partial charge in [-0.25, -0.2) is 4.79 Å². The van der Waals surface area contributed by atoms with Gasteiger partial charge in [-0.15, -0.1) is 6.58 Å². The lowest BCUT2D eigenvalue weighted by molar-refractivity contribution is -0.187. The number of carbonyl (C=O) groups is 3. The summed E-state index contributed by atoms with van der Waals surface area (Å²) in [6.07, 6.45) is 0.262. The molecule has 0 amide bonds. The Labute approximate surface area is 118 Å². The van der Waals surface area contributed by atoms with Crippen molar-refractivity contribution in [1.29, 1.82) is 0 Å². The molecule has 0 heterocycles. The second kappa shape index (κ2) is 9.91. The molecule has 0 fully saturated rings. The quantitative estimate of drug-likeness (QED) is 0.151. The molecular weight excluding hydrogens is 264 g/mol. The van der Waals surface area contributed by atoms with Crippen molar-refractivity contribution in [3.63, 3.8) is 0 Å². The second-order valence-corrected chi connectivity index (χ2v) is 4.14. The van der Waals surface area contributed by atoms with Gasteiger partial charge in [0.1, 0.15) is 12.2 Å². The normalized spacial score (nSPS) is 11.3. The SMILES string of the molecule is C=CCOCCC(OC(=O)CC(C)=O)OC(=O)C(=C)C. The van der Waals surface area contributed by atoms with Crippen LogP contribution in [0.1, 0.15) is 26.7 Å². The number of rotatable bonds is 10. The van der Waals surface area contributed by atoms with Crippen molar-refractivity contribution in [3.05, 3.63) is 24.8 Å². The molecular formula is C14H20O6. The molecule has 20 heavy (non-hydrogen) atoms. The lowest BCUT2D eigenvalue weighted by Crippen LogP contribution is -2.27. The zero-order chi connectivity index (χ0) is 15.5. The van der Waals surface area contributed by atoms with Gasteiger partial charge in [0.15, 0.2) is 0 Å². The Morgan fingerprint density at radius 2 is 1.85 bits per heavy atom. The molecule has 1 unspecified atom stereocenters. The van der Waals surface area contributed by atoms with Crippen molar-refractivity contribution in [3.8, 4) is 0 Å². The van der Waals surface area contributed by atoms with Gasteiger partial charge in [-0.3, -0.25) is 9.59 Å². The minimum atomic E-state index is -1.10. The van der Waals surface area contributed by atoms with Gasteiger partial charge in [0.25, 0.3) is 0 Å². The maximum atomic E-state index is 11.4. The Bertz CT molecular complexity index is 385. The molecule has 0 aliphatic heterocycles. The zero-order valence-corrected chi connectivity index (χ0v) is 11.8. The van der Waals surface area contributed by atoms with Crippen molar-refractivity contribution in [2.45, 2.75) is 33.0 Å². The highest BCUT2D eigenvalue weighted by Crippen LogP contribution is 2.07. The van der Waals surface area contributed by atoms with Crippen LogP contribution in [0.2, 0.25) is 0 Å². The van der Waals surface area contributed by atoms with Crippen LogP contribution in [0, 0.1) is 0 Å². The third kappa shape index (κ3) is 9.04. The average Bonchev–Trinajstić information content (AvgIpc) is 2.33. The van der Waals surface area contributed by atoms with Crippen molar-refractivity contribution in [1.82, 2.24) is 0 Å². The minimum absolute atomic E-state index is 0.163. The summed E-state index contributed by atoms with van der Waals surface area (Å²) in [5, 5.41) is 0. The highest BCUT2D eigenvalue weighted by molar-refractivity contribution is 5.94. The van der Waals surface area contributed by atoms with Crippen molar-refractivity contribution >= 4 is 17.7 Å². The second-order valence-electron chi connectivity index (χ2n) is 4.14. The van der Waals surface area contributed by atoms with Crippen LogP contribution < -0.4 is 0 Å². The van der Waals surface area contributed by atoms with Crippen molar-refractivity contribution < 1.29 is 28.6 Å². The van der Waals surface area contributed by atoms with E-state index in [-0.39, 0.29) is 30.8 Å². The first-order valence-corrected chi connectivity index (χ1v) is 6.10. The number of ether oxygens (including phenoxy) is 3. The van der Waals surface area contributed by atoms with Crippen LogP contribution in [0.15, 0.2) is 24.8 Å². The Morgan fingerprint density at radius 3 is 2.35 bits per heavy atom. The summed E-state index contributed by atoms with van der Waals surface area (Å²) in [4.78, 5) is 33.6. The third-order valence-electron chi connectivity index (χ3n) is 1.98. The molecule has 0 spiro atoms. The summed E-state index contributed by atoms with van der Waals surface area (Å²) in [7, 11) is 0. The number of carbonyl (C=O) groups excluding carboxylic acids is 3. The molecule has 6 heteroatoms. The molecule has 0 aliphatic carbocycles. The summed E-state index contributed by atoms with van der Waals surface area (Å²) in [6.45, 7) is 10.2. The van der Waals surface area contributed by atoms with Gasteiger partial charge in [0, 0.05) is 12.0 Å². The van der Waals surface area contributed by atoms with Crippen LogP contribution in [0.4, 0.5) is 0 Å². The number of hydrogen-bond donors (Lipinski definition) is 0. The van der Waals surface area contributed by atoms with E-state index in [9.17, 15) is 14.4 Å². The van der Waals surface area contributed by atoms with Crippen LogP contribution >= 0.6 is 0 Å². The van der Waals surface area contributed by atoms with Crippen LogP contribution in [0.3, 0.4) is 0 Å². The van der Waals surface area contributed by atoms with Gasteiger partial charge in [-0.2, -0.15) is 0 Å². The summed E-state index contributed by atoms with van der Waals surface area (Å²) >= 11 is 0. The van der Waals surface area contributed by atoms with Crippen molar-refractivity contribution in [2.75, 3.05) is 13.2 Å². The van der Waals surface area contributed by atoms with Crippen LogP contribution in [0.25, 0.3) is 0 Å². The van der Waals surface area contributed by atoms with Crippen molar-refractivity contribution in [2.24, 2.45) is 0 Å². The molecule has 0 saturated heterocycles. The van der Waals surface area contributed by atoms with E-state index in [0.717, 1.165) is 0 Å². The first kappa shape index (κ1) is 18.0. The standard InChI is InChI=1S/C14H20O6/c1-5-7-18-8-6-13(20-14(17)10(2)3)19-12(16)9-11(4)15/h5,13H,1-2,6-9H2,3-4H3. The monoisotopic (exact) mass is 284 g/mol. The van der Waals surface area contributed by atoms with Crippen LogP contribution in [-0.2, 0) is 28.6 Å². The van der Waals surface area contributed by atoms with Gasteiger partial charge >= 0.3 is 11.9 Å². The van der Waals surface area contributed by atoms with Crippen LogP contribution in [0.5, 0.6) is 0 Å². The van der Waals surface area contributed by atoms with E-state index in [0.29, 0.717) is 6.61 Å². The number of ketones is 1. The minimum Gasteiger partial charge on any atom is -0.425 e. The molecule has 0 aromatic heterocycles. The van der Waals surface area contributed by atoms with Gasteiger partial charge in [0.2, 0.25) is 6.29 Å². The van der Waals surface area contributed by atoms with Gasteiger partial charge in [-0.05, 0) is 13.8 Å². The first-order chi connectivity index (χ1) is 9.36. The van der Waals surface area contributed by atoms with E-state index in [1.54, 1.807) is 6.08 Å². The Hall–Kier alpha value is -1.95. The first-order valence-electron chi connectivity index (χ1n) is 6.10. The average molecular weight is 284 g/mol. The fraction of sp³-hybridized carbons (Fsp3) is 0.500.